The fourth-order valence-corrected chi connectivity index (χ4v) is 2.07. The van der Waals surface area contributed by atoms with Crippen molar-refractivity contribution in [2.45, 2.75) is 25.5 Å². The number of hydrogen-bond acceptors (Lipinski definition) is 3. The average molecular weight is 274 g/mol. The standard InChI is InChI=1S/C9H12BrN3O2/c1-9(2,15)6-4-11-8(14)5-3-7(10)12-13(5)6/h3,6,15H,4H2,1-2H3,(H,11,14). The molecular weight excluding hydrogens is 262 g/mol. The molecule has 1 atom stereocenters. The highest BCUT2D eigenvalue weighted by atomic mass is 79.9. The van der Waals surface area contributed by atoms with Gasteiger partial charge in [-0.15, -0.1) is 0 Å². The topological polar surface area (TPSA) is 67.2 Å². The normalized spacial score (nSPS) is 21.1. The number of halogens is 1. The Morgan fingerprint density at radius 3 is 3.00 bits per heavy atom. The predicted octanol–water partition coefficient (Wildman–Crippen LogP) is 0.701. The van der Waals surface area contributed by atoms with Gasteiger partial charge in [-0.25, -0.2) is 0 Å². The molecule has 1 aliphatic heterocycles. The van der Waals surface area contributed by atoms with Gasteiger partial charge in [-0.05, 0) is 29.8 Å². The van der Waals surface area contributed by atoms with Crippen molar-refractivity contribution in [1.82, 2.24) is 15.1 Å². The molecule has 5 nitrogen and oxygen atoms in total. The molecule has 0 radical (unpaired) electrons. The molecule has 1 aliphatic rings. The van der Waals surface area contributed by atoms with Gasteiger partial charge in [0.1, 0.15) is 10.3 Å². The first-order valence-electron chi connectivity index (χ1n) is 4.65. The zero-order valence-electron chi connectivity index (χ0n) is 8.49. The van der Waals surface area contributed by atoms with Crippen LogP contribution < -0.4 is 5.32 Å². The third kappa shape index (κ3) is 1.79. The fraction of sp³-hybridized carbons (Fsp3) is 0.556. The van der Waals surface area contributed by atoms with Gasteiger partial charge in [-0.1, -0.05) is 0 Å². The Kier molecular flexibility index (Phi) is 2.35. The van der Waals surface area contributed by atoms with E-state index >= 15 is 0 Å². The van der Waals surface area contributed by atoms with E-state index in [0.29, 0.717) is 16.8 Å². The van der Waals surface area contributed by atoms with Gasteiger partial charge in [0.2, 0.25) is 0 Å². The van der Waals surface area contributed by atoms with E-state index in [-0.39, 0.29) is 11.9 Å². The summed E-state index contributed by atoms with van der Waals surface area (Å²) in [7, 11) is 0. The molecule has 1 aromatic rings. The molecule has 15 heavy (non-hydrogen) atoms. The van der Waals surface area contributed by atoms with Crippen molar-refractivity contribution in [3.05, 3.63) is 16.4 Å². The molecule has 1 unspecified atom stereocenters. The number of carbonyl (C=O) groups excluding carboxylic acids is 1. The highest BCUT2D eigenvalue weighted by Gasteiger charge is 2.35. The molecule has 0 aromatic carbocycles. The number of aliphatic hydroxyl groups is 1. The Bertz CT molecular complexity index is 408. The lowest BCUT2D eigenvalue weighted by molar-refractivity contribution is 0.0131. The zero-order valence-corrected chi connectivity index (χ0v) is 10.1. The van der Waals surface area contributed by atoms with Crippen LogP contribution in [0.2, 0.25) is 0 Å². The second-order valence-electron chi connectivity index (χ2n) is 4.18. The highest BCUT2D eigenvalue weighted by molar-refractivity contribution is 9.10. The maximum absolute atomic E-state index is 11.5. The maximum atomic E-state index is 11.5. The molecular formula is C9H12BrN3O2. The SMILES string of the molecule is CC(C)(O)C1CNC(=O)c2cc(Br)nn21. The molecule has 2 heterocycles. The van der Waals surface area contributed by atoms with Crippen molar-refractivity contribution in [2.24, 2.45) is 0 Å². The van der Waals surface area contributed by atoms with E-state index in [2.05, 4.69) is 26.3 Å². The highest BCUT2D eigenvalue weighted by Crippen LogP contribution is 2.27. The van der Waals surface area contributed by atoms with Crippen LogP contribution in [0.5, 0.6) is 0 Å². The number of rotatable bonds is 1. The minimum absolute atomic E-state index is 0.159. The summed E-state index contributed by atoms with van der Waals surface area (Å²) in [4.78, 5) is 11.5. The molecule has 1 aromatic heterocycles. The van der Waals surface area contributed by atoms with E-state index in [0.717, 1.165) is 0 Å². The number of carbonyl (C=O) groups is 1. The third-order valence-corrected chi connectivity index (χ3v) is 2.89. The third-order valence-electron chi connectivity index (χ3n) is 2.51. The molecule has 2 rings (SSSR count). The number of hydrogen-bond donors (Lipinski definition) is 2. The lowest BCUT2D eigenvalue weighted by Gasteiger charge is -2.33. The van der Waals surface area contributed by atoms with Crippen LogP contribution in [0.15, 0.2) is 10.7 Å². The molecule has 2 N–H and O–H groups in total. The molecule has 0 aliphatic carbocycles. The average Bonchev–Trinajstić information content (AvgIpc) is 2.45. The summed E-state index contributed by atoms with van der Waals surface area (Å²) < 4.78 is 2.17. The van der Waals surface area contributed by atoms with E-state index in [1.807, 2.05) is 0 Å². The van der Waals surface area contributed by atoms with Gasteiger partial charge in [0, 0.05) is 12.6 Å². The van der Waals surface area contributed by atoms with Crippen LogP contribution in [0.1, 0.15) is 30.4 Å². The van der Waals surface area contributed by atoms with E-state index < -0.39 is 5.60 Å². The van der Waals surface area contributed by atoms with Crippen LogP contribution in [-0.4, -0.2) is 32.9 Å². The molecule has 82 valence electrons. The van der Waals surface area contributed by atoms with Crippen LogP contribution >= 0.6 is 15.9 Å². The Balaban J connectivity index is 2.49. The lowest BCUT2D eigenvalue weighted by atomic mass is 9.97. The van der Waals surface area contributed by atoms with Gasteiger partial charge in [0.15, 0.2) is 0 Å². The van der Waals surface area contributed by atoms with Crippen molar-refractivity contribution in [3.8, 4) is 0 Å². The summed E-state index contributed by atoms with van der Waals surface area (Å²) in [6, 6.07) is 1.41. The van der Waals surface area contributed by atoms with Crippen LogP contribution in [0.3, 0.4) is 0 Å². The molecule has 6 heteroatoms. The van der Waals surface area contributed by atoms with Crippen molar-refractivity contribution in [3.63, 3.8) is 0 Å². The van der Waals surface area contributed by atoms with Crippen molar-refractivity contribution in [2.75, 3.05) is 6.54 Å². The number of amides is 1. The first-order valence-corrected chi connectivity index (χ1v) is 5.44. The van der Waals surface area contributed by atoms with E-state index in [4.69, 9.17) is 0 Å². The number of aromatic nitrogens is 2. The quantitative estimate of drug-likeness (QED) is 0.792. The van der Waals surface area contributed by atoms with Crippen LogP contribution in [0, 0.1) is 0 Å². The zero-order chi connectivity index (χ0) is 11.2. The summed E-state index contributed by atoms with van der Waals surface area (Å²) in [5, 5.41) is 16.8. The van der Waals surface area contributed by atoms with Crippen molar-refractivity contribution < 1.29 is 9.90 Å². The first kappa shape index (κ1) is 10.6. The van der Waals surface area contributed by atoms with Crippen molar-refractivity contribution >= 4 is 21.8 Å². The van der Waals surface area contributed by atoms with Gasteiger partial charge < -0.3 is 10.4 Å². The van der Waals surface area contributed by atoms with E-state index in [1.165, 1.54) is 0 Å². The molecule has 1 amide bonds. The minimum atomic E-state index is -0.923. The second kappa shape index (κ2) is 3.31. The fourth-order valence-electron chi connectivity index (χ4n) is 1.69. The van der Waals surface area contributed by atoms with Crippen molar-refractivity contribution in [1.29, 1.82) is 0 Å². The van der Waals surface area contributed by atoms with Crippen LogP contribution in [0.25, 0.3) is 0 Å². The molecule has 0 saturated heterocycles. The summed E-state index contributed by atoms with van der Waals surface area (Å²) >= 11 is 3.22. The van der Waals surface area contributed by atoms with Gasteiger partial charge in [-0.2, -0.15) is 5.10 Å². The Morgan fingerprint density at radius 2 is 2.40 bits per heavy atom. The van der Waals surface area contributed by atoms with Crippen LogP contribution in [0.4, 0.5) is 0 Å². The maximum Gasteiger partial charge on any atom is 0.269 e. The van der Waals surface area contributed by atoms with Gasteiger partial charge in [0.25, 0.3) is 5.91 Å². The molecule has 0 bridgehead atoms. The summed E-state index contributed by atoms with van der Waals surface area (Å²) in [5.41, 5.74) is -0.450. The number of fused-ring (bicyclic) bond motifs is 1. The predicted molar refractivity (Wildman–Crippen MR) is 57.6 cm³/mol. The van der Waals surface area contributed by atoms with Crippen LogP contribution in [-0.2, 0) is 0 Å². The molecule has 0 fully saturated rings. The largest absolute Gasteiger partial charge is 0.388 e. The molecule has 0 saturated carbocycles. The molecule has 0 spiro atoms. The van der Waals surface area contributed by atoms with E-state index in [1.54, 1.807) is 24.6 Å². The Hall–Kier alpha value is -0.880. The monoisotopic (exact) mass is 273 g/mol. The summed E-state index contributed by atoms with van der Waals surface area (Å²) in [6.45, 7) is 3.80. The lowest BCUT2D eigenvalue weighted by Crippen LogP contribution is -2.47. The summed E-state index contributed by atoms with van der Waals surface area (Å²) in [5.74, 6) is -0.159. The van der Waals surface area contributed by atoms with Gasteiger partial charge >= 0.3 is 0 Å². The summed E-state index contributed by atoms with van der Waals surface area (Å²) in [6.07, 6.45) is 0. The minimum Gasteiger partial charge on any atom is -0.388 e. The Labute approximate surface area is 95.6 Å². The Morgan fingerprint density at radius 1 is 1.73 bits per heavy atom. The number of nitrogens with zero attached hydrogens (tertiary/aromatic N) is 2. The smallest absolute Gasteiger partial charge is 0.269 e. The number of nitrogens with one attached hydrogen (secondary N) is 1. The van der Waals surface area contributed by atoms with Gasteiger partial charge in [-0.3, -0.25) is 9.48 Å². The van der Waals surface area contributed by atoms with E-state index in [9.17, 15) is 9.90 Å². The van der Waals surface area contributed by atoms with Gasteiger partial charge in [0.05, 0.1) is 11.6 Å². The second-order valence-corrected chi connectivity index (χ2v) is 4.99. The first-order chi connectivity index (χ1) is 6.89.